The summed E-state index contributed by atoms with van der Waals surface area (Å²) in [5, 5.41) is 5.31. The molecule has 31 heavy (non-hydrogen) atoms. The van der Waals surface area contributed by atoms with Crippen LogP contribution in [-0.2, 0) is 33.3 Å². The van der Waals surface area contributed by atoms with E-state index in [2.05, 4.69) is 10.6 Å². The van der Waals surface area contributed by atoms with Crippen LogP contribution in [0.4, 0.5) is 5.69 Å². The summed E-state index contributed by atoms with van der Waals surface area (Å²) >= 11 is 0. The molecule has 0 radical (unpaired) electrons. The number of amides is 2. The monoisotopic (exact) mass is 436 g/mol. The normalized spacial score (nSPS) is 32.6. The van der Waals surface area contributed by atoms with Crippen molar-refractivity contribution in [2.75, 3.05) is 19.0 Å². The van der Waals surface area contributed by atoms with Gasteiger partial charge in [0.2, 0.25) is 5.91 Å². The van der Waals surface area contributed by atoms with Crippen LogP contribution in [0.2, 0.25) is 0 Å². The van der Waals surface area contributed by atoms with Crippen LogP contribution in [0.15, 0.2) is 24.3 Å². The molecule has 10 heteroatoms. The molecular formula is C21H28N2O8. The number of nitrogens with one attached hydrogen (secondary N) is 2. The van der Waals surface area contributed by atoms with Crippen LogP contribution in [0.5, 0.6) is 5.75 Å². The van der Waals surface area contributed by atoms with Crippen LogP contribution in [0.1, 0.15) is 27.7 Å². The molecule has 0 aromatic heterocycles. The summed E-state index contributed by atoms with van der Waals surface area (Å²) < 4.78 is 34.6. The largest absolute Gasteiger partial charge is 0.497 e. The molecule has 1 aromatic carbocycles. The molecular weight excluding hydrogens is 408 g/mol. The number of carbonyl (C=O) groups excluding carboxylic acids is 2. The molecule has 3 saturated heterocycles. The number of hydrogen-bond acceptors (Lipinski definition) is 8. The Kier molecular flexibility index (Phi) is 5.69. The van der Waals surface area contributed by atoms with Gasteiger partial charge in [0.25, 0.3) is 5.91 Å². The fraction of sp³-hybridized carbons (Fsp3) is 0.619. The SMILES string of the molecule is COc1ccc(NC(=O)CNC(=O)[C@@H]2O[C@@H]3OC(C)(C)O[C@@H]3[C@H]3OC(C)(C)O[C@@H]32)cc1. The molecule has 5 atom stereocenters. The van der Waals surface area contributed by atoms with Gasteiger partial charge in [-0.1, -0.05) is 0 Å². The number of benzene rings is 1. The first-order chi connectivity index (χ1) is 14.6. The maximum Gasteiger partial charge on any atom is 0.252 e. The van der Waals surface area contributed by atoms with E-state index in [0.29, 0.717) is 11.4 Å². The van der Waals surface area contributed by atoms with Crippen molar-refractivity contribution in [1.82, 2.24) is 5.32 Å². The summed E-state index contributed by atoms with van der Waals surface area (Å²) in [6.07, 6.45) is -3.56. The minimum absolute atomic E-state index is 0.233. The van der Waals surface area contributed by atoms with Gasteiger partial charge in [-0.15, -0.1) is 0 Å². The highest BCUT2D eigenvalue weighted by Crippen LogP contribution is 2.44. The Balaban J connectivity index is 1.38. The lowest BCUT2D eigenvalue weighted by Crippen LogP contribution is -2.59. The first-order valence-electron chi connectivity index (χ1n) is 10.2. The average molecular weight is 436 g/mol. The van der Waals surface area contributed by atoms with E-state index >= 15 is 0 Å². The maximum absolute atomic E-state index is 12.9. The first-order valence-corrected chi connectivity index (χ1v) is 10.2. The van der Waals surface area contributed by atoms with Gasteiger partial charge in [-0.05, 0) is 52.0 Å². The second-order valence-electron chi connectivity index (χ2n) is 8.58. The van der Waals surface area contributed by atoms with Gasteiger partial charge in [-0.2, -0.15) is 0 Å². The standard InChI is InChI=1S/C21H28N2O8/c1-20(2)28-14-15(29-20)17-19(31-21(3,4)30-17)27-16(14)18(25)22-10-13(24)23-11-6-8-12(26-5)9-7-11/h6-9,14-17,19H,10H2,1-5H3,(H,22,25)(H,23,24)/t14-,15-,16+,17+,19+/m0/s1. The molecule has 0 spiro atoms. The number of methoxy groups -OCH3 is 1. The van der Waals surface area contributed by atoms with Crippen molar-refractivity contribution in [3.05, 3.63) is 24.3 Å². The van der Waals surface area contributed by atoms with Crippen LogP contribution >= 0.6 is 0 Å². The summed E-state index contributed by atoms with van der Waals surface area (Å²) in [6.45, 7) is 6.83. The highest BCUT2D eigenvalue weighted by atomic mass is 16.9. The lowest BCUT2D eigenvalue weighted by molar-refractivity contribution is -0.231. The van der Waals surface area contributed by atoms with Crippen molar-refractivity contribution >= 4 is 17.5 Å². The van der Waals surface area contributed by atoms with Gasteiger partial charge in [0, 0.05) is 5.69 Å². The van der Waals surface area contributed by atoms with E-state index in [0.717, 1.165) is 0 Å². The van der Waals surface area contributed by atoms with Gasteiger partial charge >= 0.3 is 0 Å². The third kappa shape index (κ3) is 4.68. The molecule has 2 N–H and O–H groups in total. The molecule has 1 aromatic rings. The number of carbonyl (C=O) groups is 2. The topological polar surface area (TPSA) is 114 Å². The van der Waals surface area contributed by atoms with Crippen molar-refractivity contribution in [3.8, 4) is 5.75 Å². The number of anilines is 1. The van der Waals surface area contributed by atoms with Gasteiger partial charge in [0.1, 0.15) is 24.1 Å². The third-order valence-corrected chi connectivity index (χ3v) is 5.21. The van der Waals surface area contributed by atoms with Crippen LogP contribution < -0.4 is 15.4 Å². The van der Waals surface area contributed by atoms with E-state index < -0.39 is 48.2 Å². The molecule has 0 unspecified atom stereocenters. The van der Waals surface area contributed by atoms with E-state index in [1.54, 1.807) is 59.1 Å². The second kappa shape index (κ2) is 8.03. The highest BCUT2D eigenvalue weighted by molar-refractivity contribution is 5.95. The highest BCUT2D eigenvalue weighted by Gasteiger charge is 2.62. The quantitative estimate of drug-likeness (QED) is 0.707. The Bertz CT molecular complexity index is 840. The van der Waals surface area contributed by atoms with Gasteiger partial charge in [0.15, 0.2) is 24.0 Å². The predicted octanol–water partition coefficient (Wildman–Crippen LogP) is 1.15. The fourth-order valence-electron chi connectivity index (χ4n) is 3.97. The molecule has 3 aliphatic heterocycles. The van der Waals surface area contributed by atoms with E-state index in [9.17, 15) is 9.59 Å². The predicted molar refractivity (Wildman–Crippen MR) is 107 cm³/mol. The smallest absolute Gasteiger partial charge is 0.252 e. The molecule has 3 aliphatic rings. The summed E-state index contributed by atoms with van der Waals surface area (Å²) in [5.41, 5.74) is 0.588. The molecule has 10 nitrogen and oxygen atoms in total. The summed E-state index contributed by atoms with van der Waals surface area (Å²) in [7, 11) is 1.56. The van der Waals surface area contributed by atoms with Gasteiger partial charge < -0.3 is 39.1 Å². The van der Waals surface area contributed by atoms with Crippen molar-refractivity contribution in [1.29, 1.82) is 0 Å². The summed E-state index contributed by atoms with van der Waals surface area (Å²) in [6, 6.07) is 6.87. The van der Waals surface area contributed by atoms with Crippen molar-refractivity contribution in [2.45, 2.75) is 70.0 Å². The zero-order valence-electron chi connectivity index (χ0n) is 18.2. The molecule has 3 heterocycles. The van der Waals surface area contributed by atoms with E-state index in [-0.39, 0.29) is 12.5 Å². The van der Waals surface area contributed by atoms with Gasteiger partial charge in [-0.25, -0.2) is 0 Å². The number of fused-ring (bicyclic) bond motifs is 3. The van der Waals surface area contributed by atoms with Crippen LogP contribution in [0.25, 0.3) is 0 Å². The Labute approximate surface area is 180 Å². The molecule has 2 amide bonds. The van der Waals surface area contributed by atoms with Crippen molar-refractivity contribution in [3.63, 3.8) is 0 Å². The van der Waals surface area contributed by atoms with E-state index in [1.807, 2.05) is 0 Å². The van der Waals surface area contributed by atoms with Gasteiger partial charge in [-0.3, -0.25) is 9.59 Å². The van der Waals surface area contributed by atoms with E-state index in [4.69, 9.17) is 28.4 Å². The van der Waals surface area contributed by atoms with Crippen molar-refractivity contribution < 1.29 is 38.0 Å². The summed E-state index contributed by atoms with van der Waals surface area (Å²) in [4.78, 5) is 25.1. The van der Waals surface area contributed by atoms with Crippen LogP contribution in [-0.4, -0.2) is 67.7 Å². The minimum atomic E-state index is -1.01. The molecule has 0 bridgehead atoms. The first kappa shape index (κ1) is 22.0. The van der Waals surface area contributed by atoms with Gasteiger partial charge in [0.05, 0.1) is 13.7 Å². The lowest BCUT2D eigenvalue weighted by atomic mass is 9.98. The summed E-state index contributed by atoms with van der Waals surface area (Å²) in [5.74, 6) is -1.98. The number of rotatable bonds is 5. The number of hydrogen-bond donors (Lipinski definition) is 2. The molecule has 0 aliphatic carbocycles. The maximum atomic E-state index is 12.9. The Hall–Kier alpha value is -2.24. The zero-order chi connectivity index (χ0) is 22.4. The molecule has 3 fully saturated rings. The number of ether oxygens (including phenoxy) is 6. The minimum Gasteiger partial charge on any atom is -0.497 e. The lowest BCUT2D eigenvalue weighted by Gasteiger charge is -2.36. The van der Waals surface area contributed by atoms with Crippen LogP contribution in [0, 0.1) is 0 Å². The van der Waals surface area contributed by atoms with E-state index in [1.165, 1.54) is 0 Å². The Morgan fingerprint density at radius 2 is 1.55 bits per heavy atom. The molecule has 0 saturated carbocycles. The zero-order valence-corrected chi connectivity index (χ0v) is 18.2. The third-order valence-electron chi connectivity index (χ3n) is 5.21. The fourth-order valence-corrected chi connectivity index (χ4v) is 3.97. The Morgan fingerprint density at radius 1 is 0.935 bits per heavy atom. The van der Waals surface area contributed by atoms with Crippen molar-refractivity contribution in [2.24, 2.45) is 0 Å². The molecule has 170 valence electrons. The Morgan fingerprint density at radius 3 is 2.23 bits per heavy atom. The second-order valence-corrected chi connectivity index (χ2v) is 8.58. The molecule has 4 rings (SSSR count). The average Bonchev–Trinajstić information content (AvgIpc) is 3.19. The van der Waals surface area contributed by atoms with Crippen LogP contribution in [0.3, 0.4) is 0 Å².